The van der Waals surface area contributed by atoms with Gasteiger partial charge in [-0.25, -0.2) is 0 Å². The SMILES string of the molecule is N[C@@H](CSOCC(O)CO)C(=O)O. The summed E-state index contributed by atoms with van der Waals surface area (Å²) in [6.07, 6.45) is -0.937. The van der Waals surface area contributed by atoms with Gasteiger partial charge in [-0.1, -0.05) is 0 Å². The second kappa shape index (κ2) is 7.10. The van der Waals surface area contributed by atoms with E-state index in [1.807, 2.05) is 0 Å². The minimum atomic E-state index is -1.10. The Morgan fingerprint density at radius 2 is 2.23 bits per heavy atom. The van der Waals surface area contributed by atoms with Crippen molar-refractivity contribution in [3.05, 3.63) is 0 Å². The summed E-state index contributed by atoms with van der Waals surface area (Å²) in [5.74, 6) is -0.994. The lowest BCUT2D eigenvalue weighted by Crippen LogP contribution is -2.32. The van der Waals surface area contributed by atoms with Gasteiger partial charge in [0.05, 0.1) is 13.2 Å². The van der Waals surface area contributed by atoms with Crippen molar-refractivity contribution in [3.63, 3.8) is 0 Å². The number of carboxylic acid groups (broad SMARTS) is 1. The summed E-state index contributed by atoms with van der Waals surface area (Å²) in [4.78, 5) is 10.2. The van der Waals surface area contributed by atoms with E-state index in [1.165, 1.54) is 0 Å². The highest BCUT2D eigenvalue weighted by Crippen LogP contribution is 2.04. The van der Waals surface area contributed by atoms with Gasteiger partial charge >= 0.3 is 5.97 Å². The molecule has 0 aliphatic heterocycles. The van der Waals surface area contributed by atoms with E-state index in [9.17, 15) is 4.79 Å². The molecule has 0 amide bonds. The molecule has 0 aromatic rings. The van der Waals surface area contributed by atoms with Crippen LogP contribution in [-0.2, 0) is 8.98 Å². The van der Waals surface area contributed by atoms with Crippen LogP contribution in [0, 0.1) is 0 Å². The van der Waals surface area contributed by atoms with Gasteiger partial charge < -0.3 is 25.2 Å². The first-order valence-electron chi connectivity index (χ1n) is 3.59. The summed E-state index contributed by atoms with van der Waals surface area (Å²) >= 11 is 0.856. The van der Waals surface area contributed by atoms with E-state index in [1.54, 1.807) is 0 Å². The number of hydrogen-bond acceptors (Lipinski definition) is 6. The molecule has 0 rings (SSSR count). The smallest absolute Gasteiger partial charge is 0.321 e. The Labute approximate surface area is 79.9 Å². The maximum absolute atomic E-state index is 10.2. The molecule has 0 bridgehead atoms. The molecule has 0 heterocycles. The zero-order valence-electron chi connectivity index (χ0n) is 6.92. The molecule has 0 saturated heterocycles. The van der Waals surface area contributed by atoms with Crippen LogP contribution in [0.5, 0.6) is 0 Å². The summed E-state index contributed by atoms with van der Waals surface area (Å²) in [6.45, 7) is -0.431. The van der Waals surface area contributed by atoms with Gasteiger partial charge in [0, 0.05) is 5.75 Å². The maximum atomic E-state index is 10.2. The van der Waals surface area contributed by atoms with Crippen molar-refractivity contribution in [2.24, 2.45) is 5.73 Å². The van der Waals surface area contributed by atoms with Crippen LogP contribution in [0.15, 0.2) is 0 Å². The molecule has 2 atom stereocenters. The molecule has 6 nitrogen and oxygen atoms in total. The fourth-order valence-electron chi connectivity index (χ4n) is 0.372. The number of hydrogen-bond donors (Lipinski definition) is 4. The third-order valence-corrected chi connectivity index (χ3v) is 1.92. The van der Waals surface area contributed by atoms with Crippen LogP contribution in [0.1, 0.15) is 0 Å². The second-order valence-corrected chi connectivity index (χ2v) is 3.15. The van der Waals surface area contributed by atoms with Gasteiger partial charge in [-0.2, -0.15) is 0 Å². The highest BCUT2D eigenvalue weighted by atomic mass is 32.2. The molecule has 5 N–H and O–H groups in total. The lowest BCUT2D eigenvalue weighted by Gasteiger charge is -2.08. The van der Waals surface area contributed by atoms with Crippen LogP contribution in [-0.4, -0.2) is 52.4 Å². The van der Waals surface area contributed by atoms with Crippen molar-refractivity contribution in [2.45, 2.75) is 12.1 Å². The number of carbonyl (C=O) groups is 1. The summed E-state index contributed by atoms with van der Waals surface area (Å²) in [5, 5.41) is 25.5. The highest BCUT2D eigenvalue weighted by Gasteiger charge is 2.11. The predicted octanol–water partition coefficient (Wildman–Crippen LogP) is -1.58. The molecule has 0 saturated carbocycles. The summed E-state index contributed by atoms with van der Waals surface area (Å²) in [5.41, 5.74) is 5.15. The van der Waals surface area contributed by atoms with E-state index in [0.29, 0.717) is 0 Å². The molecule has 0 fully saturated rings. The maximum Gasteiger partial charge on any atom is 0.321 e. The van der Waals surface area contributed by atoms with Gasteiger partial charge in [-0.3, -0.25) is 4.79 Å². The number of nitrogens with two attached hydrogens (primary N) is 1. The average molecular weight is 211 g/mol. The Morgan fingerprint density at radius 3 is 2.69 bits per heavy atom. The molecule has 0 radical (unpaired) electrons. The number of rotatable bonds is 7. The molecular weight excluding hydrogens is 198 g/mol. The third kappa shape index (κ3) is 6.79. The first-order valence-corrected chi connectivity index (χ1v) is 4.50. The van der Waals surface area contributed by atoms with E-state index in [4.69, 9.17) is 25.2 Å². The fraction of sp³-hybridized carbons (Fsp3) is 0.833. The van der Waals surface area contributed by atoms with E-state index in [-0.39, 0.29) is 19.0 Å². The van der Waals surface area contributed by atoms with Crippen LogP contribution >= 0.6 is 12.0 Å². The Bertz CT molecular complexity index is 156. The Hall–Kier alpha value is -0.340. The predicted molar refractivity (Wildman–Crippen MR) is 47.1 cm³/mol. The molecule has 78 valence electrons. The molecule has 13 heavy (non-hydrogen) atoms. The largest absolute Gasteiger partial charge is 0.480 e. The van der Waals surface area contributed by atoms with Crippen LogP contribution in [0.25, 0.3) is 0 Å². The minimum Gasteiger partial charge on any atom is -0.480 e. The standard InChI is InChI=1S/C6H13NO5S/c7-5(6(10)11)3-13-12-2-4(9)1-8/h4-5,8-9H,1-3,7H2,(H,10,11)/t4?,5-/m0/s1. The van der Waals surface area contributed by atoms with Gasteiger partial charge in [-0.15, -0.1) is 0 Å². The molecule has 0 spiro atoms. The summed E-state index contributed by atoms with van der Waals surface area (Å²) in [6, 6.07) is -0.976. The minimum absolute atomic E-state index is 0.0481. The van der Waals surface area contributed by atoms with Crippen LogP contribution in [0.4, 0.5) is 0 Å². The monoisotopic (exact) mass is 211 g/mol. The molecule has 0 aromatic carbocycles. The lowest BCUT2D eigenvalue weighted by molar-refractivity contribution is -0.137. The van der Waals surface area contributed by atoms with Crippen LogP contribution in [0.2, 0.25) is 0 Å². The van der Waals surface area contributed by atoms with Crippen LogP contribution < -0.4 is 5.73 Å². The van der Waals surface area contributed by atoms with Gasteiger partial charge in [0.25, 0.3) is 0 Å². The molecule has 7 heteroatoms. The van der Waals surface area contributed by atoms with Crippen molar-refractivity contribution >= 4 is 18.0 Å². The fourth-order valence-corrected chi connectivity index (χ4v) is 1.01. The normalized spacial score (nSPS) is 15.3. The second-order valence-electron chi connectivity index (χ2n) is 2.35. The Kier molecular flexibility index (Phi) is 6.92. The Morgan fingerprint density at radius 1 is 1.62 bits per heavy atom. The van der Waals surface area contributed by atoms with Crippen molar-refractivity contribution in [1.82, 2.24) is 0 Å². The van der Waals surface area contributed by atoms with Crippen molar-refractivity contribution in [2.75, 3.05) is 19.0 Å². The van der Waals surface area contributed by atoms with E-state index >= 15 is 0 Å². The number of aliphatic carboxylic acids is 1. The van der Waals surface area contributed by atoms with Gasteiger partial charge in [0.2, 0.25) is 0 Å². The zero-order chi connectivity index (χ0) is 10.3. The van der Waals surface area contributed by atoms with Crippen molar-refractivity contribution in [3.8, 4) is 0 Å². The van der Waals surface area contributed by atoms with Crippen LogP contribution in [0.3, 0.4) is 0 Å². The van der Waals surface area contributed by atoms with Gasteiger partial charge in [0.1, 0.15) is 12.1 Å². The topological polar surface area (TPSA) is 113 Å². The quantitative estimate of drug-likeness (QED) is 0.297. The lowest BCUT2D eigenvalue weighted by atomic mass is 10.4. The molecule has 0 aliphatic rings. The average Bonchev–Trinajstić information content (AvgIpc) is 2.11. The molecule has 0 aliphatic carbocycles. The first kappa shape index (κ1) is 12.7. The zero-order valence-corrected chi connectivity index (χ0v) is 7.74. The molecule has 0 aromatic heterocycles. The van der Waals surface area contributed by atoms with Gasteiger partial charge in [0.15, 0.2) is 0 Å². The molecular formula is C6H13NO5S. The summed E-state index contributed by atoms with van der Waals surface area (Å²) < 4.78 is 4.77. The van der Waals surface area contributed by atoms with Gasteiger partial charge in [-0.05, 0) is 12.0 Å². The van der Waals surface area contributed by atoms with E-state index in [0.717, 1.165) is 12.0 Å². The Balaban J connectivity index is 3.30. The number of carboxylic acids is 1. The third-order valence-electron chi connectivity index (χ3n) is 1.12. The van der Waals surface area contributed by atoms with Crippen molar-refractivity contribution < 1.29 is 24.3 Å². The van der Waals surface area contributed by atoms with E-state index in [2.05, 4.69) is 0 Å². The number of aliphatic hydroxyl groups excluding tert-OH is 2. The number of aliphatic hydroxyl groups is 2. The van der Waals surface area contributed by atoms with E-state index < -0.39 is 18.1 Å². The summed E-state index contributed by atoms with van der Waals surface area (Å²) in [7, 11) is 0. The molecule has 1 unspecified atom stereocenters. The van der Waals surface area contributed by atoms with Crippen molar-refractivity contribution in [1.29, 1.82) is 0 Å². The highest BCUT2D eigenvalue weighted by molar-refractivity contribution is 7.94. The first-order chi connectivity index (χ1) is 6.07.